The number of aromatic nitrogens is 2. The van der Waals surface area contributed by atoms with Crippen LogP contribution in [0.5, 0.6) is 5.75 Å². The summed E-state index contributed by atoms with van der Waals surface area (Å²) in [5.74, 6) is 0.176. The Labute approximate surface area is 221 Å². The SMILES string of the molecule is CCCCCCCCCCC(C)(F)C(=O)Oc1ccc(-c2ccccc2-c2ncc(CCC)cn2)cc1. The lowest BCUT2D eigenvalue weighted by Gasteiger charge is -2.18. The molecule has 1 aromatic heterocycles. The largest absolute Gasteiger partial charge is 0.424 e. The summed E-state index contributed by atoms with van der Waals surface area (Å²) in [6.45, 7) is 5.67. The molecule has 198 valence electrons. The van der Waals surface area contributed by atoms with Gasteiger partial charge in [-0.25, -0.2) is 19.2 Å². The molecule has 4 nitrogen and oxygen atoms in total. The monoisotopic (exact) mass is 504 g/mol. The number of carbonyl (C=O) groups excluding carboxylic acids is 1. The topological polar surface area (TPSA) is 52.1 Å². The van der Waals surface area contributed by atoms with Gasteiger partial charge in [-0.05, 0) is 55.0 Å². The van der Waals surface area contributed by atoms with Crippen LogP contribution in [0.4, 0.5) is 4.39 Å². The molecule has 0 bridgehead atoms. The Kier molecular flexibility index (Phi) is 11.2. The number of rotatable bonds is 15. The lowest BCUT2D eigenvalue weighted by atomic mass is 9.98. The number of unbranched alkanes of at least 4 members (excludes halogenated alkanes) is 7. The van der Waals surface area contributed by atoms with Gasteiger partial charge in [-0.2, -0.15) is 0 Å². The Morgan fingerprint density at radius 1 is 0.811 bits per heavy atom. The van der Waals surface area contributed by atoms with Crippen molar-refractivity contribution in [3.05, 3.63) is 66.5 Å². The fourth-order valence-corrected chi connectivity index (χ4v) is 4.45. The van der Waals surface area contributed by atoms with Crippen LogP contribution in [0.2, 0.25) is 0 Å². The van der Waals surface area contributed by atoms with E-state index >= 15 is 4.39 Å². The van der Waals surface area contributed by atoms with Crippen molar-refractivity contribution in [1.82, 2.24) is 9.97 Å². The summed E-state index contributed by atoms with van der Waals surface area (Å²) < 4.78 is 20.4. The van der Waals surface area contributed by atoms with Gasteiger partial charge in [0.25, 0.3) is 0 Å². The minimum atomic E-state index is -1.99. The van der Waals surface area contributed by atoms with Gasteiger partial charge in [-0.15, -0.1) is 0 Å². The summed E-state index contributed by atoms with van der Waals surface area (Å²) in [4.78, 5) is 21.7. The van der Waals surface area contributed by atoms with Crippen LogP contribution in [-0.4, -0.2) is 21.6 Å². The van der Waals surface area contributed by atoms with E-state index < -0.39 is 11.6 Å². The predicted molar refractivity (Wildman–Crippen MR) is 149 cm³/mol. The van der Waals surface area contributed by atoms with Gasteiger partial charge in [0.15, 0.2) is 5.82 Å². The molecule has 0 amide bonds. The van der Waals surface area contributed by atoms with Crippen molar-refractivity contribution < 1.29 is 13.9 Å². The first-order chi connectivity index (χ1) is 17.9. The van der Waals surface area contributed by atoms with Crippen LogP contribution in [0.15, 0.2) is 60.9 Å². The van der Waals surface area contributed by atoms with Gasteiger partial charge in [0.2, 0.25) is 5.67 Å². The molecular weight excluding hydrogens is 463 g/mol. The van der Waals surface area contributed by atoms with Crippen molar-refractivity contribution >= 4 is 5.97 Å². The Bertz CT molecular complexity index is 1090. The first-order valence-corrected chi connectivity index (χ1v) is 13.9. The quantitative estimate of drug-likeness (QED) is 0.118. The third kappa shape index (κ3) is 8.77. The molecule has 0 radical (unpaired) electrons. The van der Waals surface area contributed by atoms with Crippen molar-refractivity contribution in [2.24, 2.45) is 0 Å². The molecule has 0 fully saturated rings. The molecule has 37 heavy (non-hydrogen) atoms. The van der Waals surface area contributed by atoms with E-state index in [1.807, 2.05) is 48.8 Å². The molecule has 0 aliphatic heterocycles. The molecule has 3 rings (SSSR count). The van der Waals surface area contributed by atoms with Crippen LogP contribution >= 0.6 is 0 Å². The van der Waals surface area contributed by atoms with Gasteiger partial charge in [0.1, 0.15) is 5.75 Å². The van der Waals surface area contributed by atoms with E-state index in [0.29, 0.717) is 18.0 Å². The first kappa shape index (κ1) is 28.5. The molecule has 0 saturated heterocycles. The summed E-state index contributed by atoms with van der Waals surface area (Å²) in [6, 6.07) is 15.1. The van der Waals surface area contributed by atoms with Crippen LogP contribution < -0.4 is 4.74 Å². The number of benzene rings is 2. The Morgan fingerprint density at radius 3 is 2.03 bits per heavy atom. The van der Waals surface area contributed by atoms with E-state index in [4.69, 9.17) is 4.74 Å². The van der Waals surface area contributed by atoms with Crippen LogP contribution in [0.1, 0.15) is 90.5 Å². The normalized spacial score (nSPS) is 12.8. The average molecular weight is 505 g/mol. The number of aryl methyl sites for hydroxylation is 1. The minimum Gasteiger partial charge on any atom is -0.424 e. The van der Waals surface area contributed by atoms with Crippen LogP contribution in [0.3, 0.4) is 0 Å². The summed E-state index contributed by atoms with van der Waals surface area (Å²) in [6.07, 6.45) is 14.9. The third-order valence-corrected chi connectivity index (χ3v) is 6.71. The Hall–Kier alpha value is -3.08. The molecule has 0 aliphatic carbocycles. The van der Waals surface area contributed by atoms with Crippen molar-refractivity contribution in [2.75, 3.05) is 0 Å². The van der Waals surface area contributed by atoms with E-state index in [1.165, 1.54) is 39.0 Å². The second-order valence-corrected chi connectivity index (χ2v) is 10.0. The van der Waals surface area contributed by atoms with Crippen LogP contribution in [0, 0.1) is 0 Å². The van der Waals surface area contributed by atoms with Crippen LogP contribution in [-0.2, 0) is 11.2 Å². The number of alkyl halides is 1. The minimum absolute atomic E-state index is 0.184. The second-order valence-electron chi connectivity index (χ2n) is 10.0. The van der Waals surface area contributed by atoms with Gasteiger partial charge >= 0.3 is 5.97 Å². The number of nitrogens with zero attached hydrogens (tertiary/aromatic N) is 2. The number of ether oxygens (including phenoxy) is 1. The van der Waals surface area contributed by atoms with E-state index in [1.54, 1.807) is 12.1 Å². The molecule has 5 heteroatoms. The molecule has 0 saturated carbocycles. The van der Waals surface area contributed by atoms with Gasteiger partial charge in [-0.3, -0.25) is 0 Å². The fourth-order valence-electron chi connectivity index (χ4n) is 4.45. The maximum Gasteiger partial charge on any atom is 0.348 e. The number of esters is 1. The lowest BCUT2D eigenvalue weighted by molar-refractivity contribution is -0.147. The zero-order valence-electron chi connectivity index (χ0n) is 22.6. The Morgan fingerprint density at radius 2 is 1.41 bits per heavy atom. The highest BCUT2D eigenvalue weighted by Gasteiger charge is 2.34. The molecule has 1 unspecified atom stereocenters. The first-order valence-electron chi connectivity index (χ1n) is 13.9. The van der Waals surface area contributed by atoms with Crippen molar-refractivity contribution in [3.8, 4) is 28.3 Å². The van der Waals surface area contributed by atoms with Gasteiger partial charge < -0.3 is 4.74 Å². The van der Waals surface area contributed by atoms with Crippen molar-refractivity contribution in [1.29, 1.82) is 0 Å². The van der Waals surface area contributed by atoms with Gasteiger partial charge in [0.05, 0.1) is 0 Å². The molecule has 0 N–H and O–H groups in total. The number of halogens is 1. The smallest absolute Gasteiger partial charge is 0.348 e. The summed E-state index contributed by atoms with van der Waals surface area (Å²) in [5.41, 5.74) is 1.98. The molecule has 1 heterocycles. The van der Waals surface area contributed by atoms with E-state index in [-0.39, 0.29) is 6.42 Å². The van der Waals surface area contributed by atoms with Gasteiger partial charge in [-0.1, -0.05) is 102 Å². The standard InChI is InChI=1S/C32H41FN2O2/c1-4-6-7-8-9-10-11-14-22-32(3,33)31(36)37-27-20-18-26(19-21-27)28-16-12-13-17-29(28)30-34-23-25(15-5-2)24-35-30/h12-13,16-21,23-24H,4-11,14-15,22H2,1-3H3. The van der Waals surface area contributed by atoms with Gasteiger partial charge in [0, 0.05) is 18.0 Å². The highest BCUT2D eigenvalue weighted by Crippen LogP contribution is 2.32. The maximum atomic E-state index is 15.0. The van der Waals surface area contributed by atoms with E-state index in [0.717, 1.165) is 47.9 Å². The zero-order chi connectivity index (χ0) is 26.5. The summed E-state index contributed by atoms with van der Waals surface area (Å²) in [7, 11) is 0. The molecule has 0 aliphatic rings. The fraction of sp³-hybridized carbons (Fsp3) is 0.469. The Balaban J connectivity index is 1.57. The summed E-state index contributed by atoms with van der Waals surface area (Å²) >= 11 is 0. The molecular formula is C32H41FN2O2. The highest BCUT2D eigenvalue weighted by molar-refractivity contribution is 5.82. The molecule has 2 aromatic carbocycles. The lowest BCUT2D eigenvalue weighted by Crippen LogP contribution is -2.34. The number of hydrogen-bond donors (Lipinski definition) is 0. The van der Waals surface area contributed by atoms with Crippen molar-refractivity contribution in [3.63, 3.8) is 0 Å². The predicted octanol–water partition coefficient (Wildman–Crippen LogP) is 8.93. The molecule has 1 atom stereocenters. The summed E-state index contributed by atoms with van der Waals surface area (Å²) in [5, 5.41) is 0. The van der Waals surface area contributed by atoms with Crippen molar-refractivity contribution in [2.45, 2.75) is 97.1 Å². The van der Waals surface area contributed by atoms with E-state index in [2.05, 4.69) is 23.8 Å². The molecule has 3 aromatic rings. The number of hydrogen-bond acceptors (Lipinski definition) is 4. The highest BCUT2D eigenvalue weighted by atomic mass is 19.1. The third-order valence-electron chi connectivity index (χ3n) is 6.71. The average Bonchev–Trinajstić information content (AvgIpc) is 2.91. The second kappa shape index (κ2) is 14.6. The zero-order valence-corrected chi connectivity index (χ0v) is 22.6. The maximum absolute atomic E-state index is 15.0. The van der Waals surface area contributed by atoms with Crippen LogP contribution in [0.25, 0.3) is 22.5 Å². The van der Waals surface area contributed by atoms with E-state index in [9.17, 15) is 4.79 Å². The number of carbonyl (C=O) groups is 1. The molecule has 0 spiro atoms.